The van der Waals surface area contributed by atoms with E-state index < -0.39 is 0 Å². The van der Waals surface area contributed by atoms with Crippen molar-refractivity contribution in [2.45, 2.75) is 6.04 Å². The molecule has 13 heavy (non-hydrogen) atoms. The van der Waals surface area contributed by atoms with Gasteiger partial charge in [0.2, 0.25) is 5.96 Å². The molecule has 5 heteroatoms. The molecule has 1 saturated carbocycles. The molecule has 2 aliphatic rings. The Morgan fingerprint density at radius 3 is 2.38 bits per heavy atom. The fraction of sp³-hybridized carbons (Fsp3) is 0.875. The van der Waals surface area contributed by atoms with Crippen LogP contribution in [-0.4, -0.2) is 54.2 Å². The number of likely N-dealkylation sites (tertiary alicyclic amines) is 1. The Morgan fingerprint density at radius 1 is 1.46 bits per heavy atom. The molecule has 1 saturated heterocycles. The summed E-state index contributed by atoms with van der Waals surface area (Å²) in [6, 6.07) is 0.711. The molecule has 2 fully saturated rings. The Labute approximate surface area is 77.8 Å². The van der Waals surface area contributed by atoms with Crippen molar-refractivity contribution in [1.82, 2.24) is 9.80 Å². The Hall–Kier alpha value is -0.970. The fourth-order valence-corrected chi connectivity index (χ4v) is 2.51. The number of piperidine rings is 1. The molecule has 0 aromatic heterocycles. The standard InChI is InChI=1S/C8H16N4O/c1-11(2)7-5-3-12(4-6(5)7)8(9)10-13/h5-7,13H,3-4H2,1-2H3,(H2,9,10). The summed E-state index contributed by atoms with van der Waals surface area (Å²) in [4.78, 5) is 4.20. The molecule has 2 rings (SSSR count). The minimum absolute atomic E-state index is 0.254. The maximum atomic E-state index is 8.48. The predicted octanol–water partition coefficient (Wildman–Crippen LogP) is -0.818. The van der Waals surface area contributed by atoms with E-state index in [0.717, 1.165) is 24.9 Å². The zero-order valence-corrected chi connectivity index (χ0v) is 8.01. The molecule has 2 atom stereocenters. The van der Waals surface area contributed by atoms with Gasteiger partial charge in [-0.3, -0.25) is 0 Å². The van der Waals surface area contributed by atoms with Crippen LogP contribution in [0.15, 0.2) is 5.16 Å². The van der Waals surface area contributed by atoms with Gasteiger partial charge in [0.05, 0.1) is 0 Å². The third-order valence-electron chi connectivity index (χ3n) is 3.17. The molecule has 1 aliphatic heterocycles. The van der Waals surface area contributed by atoms with Crippen molar-refractivity contribution in [3.05, 3.63) is 0 Å². The van der Waals surface area contributed by atoms with Crippen molar-refractivity contribution in [2.24, 2.45) is 22.7 Å². The van der Waals surface area contributed by atoms with Gasteiger partial charge in [-0.05, 0) is 25.9 Å². The van der Waals surface area contributed by atoms with Gasteiger partial charge in [0.15, 0.2) is 0 Å². The Bertz CT molecular complexity index is 228. The highest BCUT2D eigenvalue weighted by Crippen LogP contribution is 2.47. The summed E-state index contributed by atoms with van der Waals surface area (Å²) in [6.07, 6.45) is 0. The van der Waals surface area contributed by atoms with Gasteiger partial charge < -0.3 is 20.7 Å². The van der Waals surface area contributed by atoms with E-state index in [2.05, 4.69) is 24.2 Å². The summed E-state index contributed by atoms with van der Waals surface area (Å²) < 4.78 is 0. The number of nitrogens with zero attached hydrogens (tertiary/aromatic N) is 3. The summed E-state index contributed by atoms with van der Waals surface area (Å²) in [5.74, 6) is 1.69. The fourth-order valence-electron chi connectivity index (χ4n) is 2.51. The van der Waals surface area contributed by atoms with Crippen LogP contribution >= 0.6 is 0 Å². The first-order valence-electron chi connectivity index (χ1n) is 4.54. The van der Waals surface area contributed by atoms with Crippen molar-refractivity contribution in [3.63, 3.8) is 0 Å². The summed E-state index contributed by atoms with van der Waals surface area (Å²) >= 11 is 0. The van der Waals surface area contributed by atoms with E-state index >= 15 is 0 Å². The molecule has 0 amide bonds. The number of oxime groups is 1. The smallest absolute Gasteiger partial charge is 0.233 e. The molecule has 0 aromatic carbocycles. The average Bonchev–Trinajstić information content (AvgIpc) is 2.62. The van der Waals surface area contributed by atoms with E-state index in [9.17, 15) is 0 Å². The second-order valence-electron chi connectivity index (χ2n) is 4.15. The minimum Gasteiger partial charge on any atom is -0.408 e. The predicted molar refractivity (Wildman–Crippen MR) is 49.4 cm³/mol. The maximum absolute atomic E-state index is 8.48. The molecular formula is C8H16N4O. The highest BCUT2D eigenvalue weighted by molar-refractivity contribution is 5.78. The number of rotatable bonds is 1. The van der Waals surface area contributed by atoms with Crippen molar-refractivity contribution in [1.29, 1.82) is 0 Å². The number of fused-ring (bicyclic) bond motifs is 1. The lowest BCUT2D eigenvalue weighted by molar-refractivity contribution is 0.284. The van der Waals surface area contributed by atoms with Crippen LogP contribution in [0.5, 0.6) is 0 Å². The van der Waals surface area contributed by atoms with Gasteiger partial charge in [0, 0.05) is 19.1 Å². The summed E-state index contributed by atoms with van der Waals surface area (Å²) in [7, 11) is 4.22. The van der Waals surface area contributed by atoms with Crippen LogP contribution < -0.4 is 5.73 Å². The quantitative estimate of drug-likeness (QED) is 0.242. The minimum atomic E-state index is 0.254. The van der Waals surface area contributed by atoms with E-state index in [4.69, 9.17) is 10.9 Å². The van der Waals surface area contributed by atoms with Crippen molar-refractivity contribution in [2.75, 3.05) is 27.2 Å². The van der Waals surface area contributed by atoms with Crippen molar-refractivity contribution < 1.29 is 5.21 Å². The van der Waals surface area contributed by atoms with Gasteiger partial charge in [0.25, 0.3) is 0 Å². The van der Waals surface area contributed by atoms with Crippen LogP contribution in [0.4, 0.5) is 0 Å². The molecule has 1 aliphatic carbocycles. The Balaban J connectivity index is 1.90. The van der Waals surface area contributed by atoms with Crippen LogP contribution in [0.1, 0.15) is 0 Å². The van der Waals surface area contributed by atoms with Crippen molar-refractivity contribution in [3.8, 4) is 0 Å². The highest BCUT2D eigenvalue weighted by atomic mass is 16.4. The van der Waals surface area contributed by atoms with Crippen LogP contribution in [-0.2, 0) is 0 Å². The monoisotopic (exact) mass is 184 g/mol. The van der Waals surface area contributed by atoms with E-state index in [0.29, 0.717) is 6.04 Å². The molecular weight excluding hydrogens is 168 g/mol. The third-order valence-corrected chi connectivity index (χ3v) is 3.17. The molecule has 2 unspecified atom stereocenters. The number of hydrogen-bond donors (Lipinski definition) is 2. The van der Waals surface area contributed by atoms with Gasteiger partial charge in [-0.15, -0.1) is 0 Å². The zero-order valence-electron chi connectivity index (χ0n) is 8.01. The van der Waals surface area contributed by atoms with Gasteiger partial charge in [-0.25, -0.2) is 0 Å². The Morgan fingerprint density at radius 2 is 2.00 bits per heavy atom. The molecule has 0 spiro atoms. The Kier molecular flexibility index (Phi) is 1.83. The normalized spacial score (nSPS) is 38.2. The molecule has 0 aromatic rings. The average molecular weight is 184 g/mol. The first-order chi connectivity index (χ1) is 6.15. The van der Waals surface area contributed by atoms with E-state index in [1.165, 1.54) is 0 Å². The summed E-state index contributed by atoms with van der Waals surface area (Å²) in [5.41, 5.74) is 5.49. The molecule has 1 heterocycles. The van der Waals surface area contributed by atoms with Gasteiger partial charge in [-0.1, -0.05) is 5.16 Å². The molecule has 74 valence electrons. The zero-order chi connectivity index (χ0) is 9.59. The van der Waals surface area contributed by atoms with Crippen LogP contribution in [0.3, 0.4) is 0 Å². The number of guanidine groups is 1. The van der Waals surface area contributed by atoms with E-state index in [1.54, 1.807) is 0 Å². The molecule has 0 radical (unpaired) electrons. The first-order valence-corrected chi connectivity index (χ1v) is 4.54. The third kappa shape index (κ3) is 1.23. The number of hydrogen-bond acceptors (Lipinski definition) is 3. The van der Waals surface area contributed by atoms with E-state index in [1.807, 2.05) is 4.90 Å². The van der Waals surface area contributed by atoms with Crippen molar-refractivity contribution >= 4 is 5.96 Å². The lowest BCUT2D eigenvalue weighted by Crippen LogP contribution is -2.39. The molecule has 0 bridgehead atoms. The van der Waals surface area contributed by atoms with Crippen LogP contribution in [0, 0.1) is 11.8 Å². The first kappa shape index (κ1) is 8.62. The van der Waals surface area contributed by atoms with Gasteiger partial charge in [0.1, 0.15) is 0 Å². The van der Waals surface area contributed by atoms with Crippen LogP contribution in [0.2, 0.25) is 0 Å². The largest absolute Gasteiger partial charge is 0.408 e. The SMILES string of the molecule is CN(C)C1C2CN(/C(N)=N/O)CC21. The highest BCUT2D eigenvalue weighted by Gasteiger charge is 2.57. The summed E-state index contributed by atoms with van der Waals surface area (Å²) in [5, 5.41) is 11.5. The second-order valence-corrected chi connectivity index (χ2v) is 4.15. The molecule has 3 N–H and O–H groups in total. The van der Waals surface area contributed by atoms with Crippen LogP contribution in [0.25, 0.3) is 0 Å². The van der Waals surface area contributed by atoms with Gasteiger partial charge >= 0.3 is 0 Å². The maximum Gasteiger partial charge on any atom is 0.233 e. The molecule has 5 nitrogen and oxygen atoms in total. The summed E-state index contributed by atoms with van der Waals surface area (Å²) in [6.45, 7) is 1.87. The lowest BCUT2D eigenvalue weighted by Gasteiger charge is -2.21. The topological polar surface area (TPSA) is 65.1 Å². The number of nitrogens with two attached hydrogens (primary N) is 1. The van der Waals surface area contributed by atoms with Gasteiger partial charge in [-0.2, -0.15) is 0 Å². The van der Waals surface area contributed by atoms with E-state index in [-0.39, 0.29) is 5.96 Å². The lowest BCUT2D eigenvalue weighted by atomic mass is 10.4. The second kappa shape index (κ2) is 2.77.